The summed E-state index contributed by atoms with van der Waals surface area (Å²) in [5.41, 5.74) is 2.64. The maximum absolute atomic E-state index is 2.42. The standard InChI is InChI=1S/C29H25N2S2/c1-3-30-24-16-20-10-5-7-12-22(20)18-26(24)32-28(30)14-9-15-29-31(4-2)25-17-21-11-6-8-13-23(21)19-27(25)33-29/h5-19H,3-4H2,1-2H3/q+1. The summed E-state index contributed by atoms with van der Waals surface area (Å²) in [6.07, 6.45) is 6.74. The summed E-state index contributed by atoms with van der Waals surface area (Å²) in [4.78, 5) is 3.76. The molecule has 6 rings (SSSR count). The maximum atomic E-state index is 2.42. The molecule has 0 amide bonds. The van der Waals surface area contributed by atoms with Crippen molar-refractivity contribution in [1.29, 1.82) is 0 Å². The molecular formula is C29H25N2S2+. The molecule has 162 valence electrons. The monoisotopic (exact) mass is 465 g/mol. The number of fused-ring (bicyclic) bond motifs is 4. The molecule has 0 spiro atoms. The van der Waals surface area contributed by atoms with Crippen LogP contribution in [0.25, 0.3) is 37.8 Å². The Morgan fingerprint density at radius 2 is 1.52 bits per heavy atom. The van der Waals surface area contributed by atoms with E-state index < -0.39 is 0 Å². The molecule has 0 saturated heterocycles. The maximum Gasteiger partial charge on any atom is 0.262 e. The van der Waals surface area contributed by atoms with Crippen LogP contribution < -0.4 is 9.47 Å². The van der Waals surface area contributed by atoms with Gasteiger partial charge >= 0.3 is 0 Å². The third kappa shape index (κ3) is 3.54. The van der Waals surface area contributed by atoms with E-state index in [-0.39, 0.29) is 0 Å². The fourth-order valence-corrected chi connectivity index (χ4v) is 7.02. The number of allylic oxidation sites excluding steroid dienone is 2. The van der Waals surface area contributed by atoms with Gasteiger partial charge in [0.05, 0.1) is 10.7 Å². The van der Waals surface area contributed by atoms with Crippen molar-refractivity contribution in [3.63, 3.8) is 0 Å². The number of rotatable bonds is 4. The molecule has 4 aromatic carbocycles. The normalized spacial score (nSPS) is 15.0. The third-order valence-electron chi connectivity index (χ3n) is 6.31. The number of anilines is 1. The molecule has 1 aliphatic rings. The van der Waals surface area contributed by atoms with Gasteiger partial charge in [-0.1, -0.05) is 77.7 Å². The van der Waals surface area contributed by atoms with Crippen LogP contribution in [-0.2, 0) is 6.54 Å². The first kappa shape index (κ1) is 20.5. The number of thiazole rings is 1. The Hall–Kier alpha value is -3.08. The fourth-order valence-electron chi connectivity index (χ4n) is 4.69. The molecule has 1 aliphatic heterocycles. The summed E-state index contributed by atoms with van der Waals surface area (Å²) in [6.45, 7) is 6.37. The molecule has 0 saturated carbocycles. The fraction of sp³-hybridized carbons (Fsp3) is 0.138. The molecule has 0 bridgehead atoms. The molecule has 33 heavy (non-hydrogen) atoms. The van der Waals surface area contributed by atoms with Crippen molar-refractivity contribution in [2.24, 2.45) is 0 Å². The van der Waals surface area contributed by atoms with Crippen LogP contribution in [0, 0.1) is 0 Å². The number of nitrogens with zero attached hydrogens (tertiary/aromatic N) is 2. The molecule has 0 N–H and O–H groups in total. The molecule has 4 heteroatoms. The Morgan fingerprint density at radius 1 is 0.848 bits per heavy atom. The Bertz CT molecular complexity index is 1580. The minimum atomic E-state index is 0.961. The van der Waals surface area contributed by atoms with Crippen molar-refractivity contribution in [2.75, 3.05) is 11.4 Å². The Kier molecular flexibility index (Phi) is 5.20. The van der Waals surface area contributed by atoms with E-state index in [2.05, 4.69) is 114 Å². The van der Waals surface area contributed by atoms with Crippen LogP contribution in [0.1, 0.15) is 18.9 Å². The lowest BCUT2D eigenvalue weighted by molar-refractivity contribution is -0.665. The van der Waals surface area contributed by atoms with Crippen LogP contribution in [0.4, 0.5) is 5.69 Å². The summed E-state index contributed by atoms with van der Waals surface area (Å²) in [6, 6.07) is 26.5. The molecule has 0 fully saturated rings. The first-order valence-corrected chi connectivity index (χ1v) is 13.1. The van der Waals surface area contributed by atoms with E-state index in [1.807, 2.05) is 23.1 Å². The van der Waals surface area contributed by atoms with Crippen LogP contribution in [0.5, 0.6) is 0 Å². The minimum Gasteiger partial charge on any atom is -0.335 e. The average molecular weight is 466 g/mol. The van der Waals surface area contributed by atoms with Gasteiger partial charge in [-0.25, -0.2) is 0 Å². The van der Waals surface area contributed by atoms with Crippen molar-refractivity contribution >= 4 is 66.6 Å². The predicted molar refractivity (Wildman–Crippen MR) is 145 cm³/mol. The van der Waals surface area contributed by atoms with Crippen molar-refractivity contribution in [2.45, 2.75) is 25.3 Å². The highest BCUT2D eigenvalue weighted by molar-refractivity contribution is 8.03. The van der Waals surface area contributed by atoms with E-state index in [0.717, 1.165) is 13.1 Å². The zero-order valence-electron chi connectivity index (χ0n) is 18.8. The largest absolute Gasteiger partial charge is 0.335 e. The lowest BCUT2D eigenvalue weighted by Crippen LogP contribution is -2.33. The van der Waals surface area contributed by atoms with Crippen molar-refractivity contribution < 1.29 is 4.57 Å². The van der Waals surface area contributed by atoms with Crippen LogP contribution in [0.15, 0.2) is 94.9 Å². The van der Waals surface area contributed by atoms with E-state index in [9.17, 15) is 0 Å². The van der Waals surface area contributed by atoms with E-state index in [1.54, 1.807) is 0 Å². The summed E-state index contributed by atoms with van der Waals surface area (Å²) >= 11 is 3.74. The van der Waals surface area contributed by atoms with E-state index in [4.69, 9.17) is 0 Å². The molecule has 1 aromatic heterocycles. The molecule has 0 unspecified atom stereocenters. The molecule has 0 radical (unpaired) electrons. The van der Waals surface area contributed by atoms with Crippen LogP contribution in [0.3, 0.4) is 0 Å². The third-order valence-corrected chi connectivity index (χ3v) is 8.53. The number of benzene rings is 4. The number of hydrogen-bond donors (Lipinski definition) is 0. The second kappa shape index (κ2) is 8.36. The van der Waals surface area contributed by atoms with Gasteiger partial charge in [-0.3, -0.25) is 0 Å². The number of hydrogen-bond acceptors (Lipinski definition) is 3. The van der Waals surface area contributed by atoms with E-state index in [1.165, 1.54) is 52.4 Å². The van der Waals surface area contributed by atoms with Crippen LogP contribution >= 0.6 is 23.1 Å². The average Bonchev–Trinajstić information content (AvgIpc) is 3.36. The van der Waals surface area contributed by atoms with Gasteiger partial charge in [0.25, 0.3) is 5.01 Å². The zero-order valence-corrected chi connectivity index (χ0v) is 20.4. The Balaban J connectivity index is 1.36. The number of aromatic nitrogens is 1. The van der Waals surface area contributed by atoms with Gasteiger partial charge in [-0.05, 0) is 59.7 Å². The van der Waals surface area contributed by atoms with Crippen LogP contribution in [-0.4, -0.2) is 6.54 Å². The lowest BCUT2D eigenvalue weighted by atomic mass is 10.1. The van der Waals surface area contributed by atoms with Gasteiger partial charge < -0.3 is 4.90 Å². The molecule has 2 heterocycles. The van der Waals surface area contributed by atoms with Crippen LogP contribution in [0.2, 0.25) is 0 Å². The summed E-state index contributed by atoms with van der Waals surface area (Å²) < 4.78 is 3.76. The zero-order chi connectivity index (χ0) is 22.4. The smallest absolute Gasteiger partial charge is 0.262 e. The quantitative estimate of drug-likeness (QED) is 0.248. The Labute approximate surface area is 202 Å². The van der Waals surface area contributed by atoms with Crippen molar-refractivity contribution in [3.8, 4) is 0 Å². The minimum absolute atomic E-state index is 0.961. The van der Waals surface area contributed by atoms with Crippen molar-refractivity contribution in [3.05, 3.63) is 95.0 Å². The predicted octanol–water partition coefficient (Wildman–Crippen LogP) is 8.00. The highest BCUT2D eigenvalue weighted by atomic mass is 32.2. The summed E-state index contributed by atoms with van der Waals surface area (Å²) in [7, 11) is 0. The molecule has 0 atom stereocenters. The molecule has 5 aromatic rings. The highest BCUT2D eigenvalue weighted by Gasteiger charge is 2.24. The lowest BCUT2D eigenvalue weighted by Gasteiger charge is -2.18. The van der Waals surface area contributed by atoms with Gasteiger partial charge in [0.15, 0.2) is 0 Å². The van der Waals surface area contributed by atoms with E-state index >= 15 is 0 Å². The number of aryl methyl sites for hydroxylation is 1. The van der Waals surface area contributed by atoms with Gasteiger partial charge in [-0.15, -0.1) is 0 Å². The molecule has 2 nitrogen and oxygen atoms in total. The van der Waals surface area contributed by atoms with Crippen molar-refractivity contribution in [1.82, 2.24) is 0 Å². The van der Waals surface area contributed by atoms with Gasteiger partial charge in [0.1, 0.15) is 11.2 Å². The molecule has 0 aliphatic carbocycles. The SMILES string of the molecule is CCN1C(=CC=Cc2sc3cc4ccccc4cc3[n+]2CC)Sc2cc3ccccc3cc21. The van der Waals surface area contributed by atoms with Gasteiger partial charge in [-0.2, -0.15) is 4.57 Å². The summed E-state index contributed by atoms with van der Waals surface area (Å²) in [5.74, 6) is 0. The second-order valence-corrected chi connectivity index (χ2v) is 10.4. The topological polar surface area (TPSA) is 7.12 Å². The molecular weight excluding hydrogens is 440 g/mol. The second-order valence-electron chi connectivity index (χ2n) is 8.23. The Morgan fingerprint density at radius 3 is 2.21 bits per heavy atom. The van der Waals surface area contributed by atoms with E-state index in [0.29, 0.717) is 0 Å². The first-order valence-electron chi connectivity index (χ1n) is 11.5. The first-order chi connectivity index (χ1) is 16.2. The van der Waals surface area contributed by atoms with Gasteiger partial charge in [0, 0.05) is 23.6 Å². The van der Waals surface area contributed by atoms with Gasteiger partial charge in [0.2, 0.25) is 5.52 Å². The summed E-state index contributed by atoms with van der Waals surface area (Å²) in [5, 5.41) is 7.78. The highest BCUT2D eigenvalue weighted by Crippen LogP contribution is 2.47. The number of thioether (sulfide) groups is 1.